The Bertz CT molecular complexity index is 1110. The van der Waals surface area contributed by atoms with Crippen LogP contribution in [0.25, 0.3) is 33.2 Å². The van der Waals surface area contributed by atoms with E-state index in [1.165, 1.54) is 33.2 Å². The molecule has 1 fully saturated rings. The van der Waals surface area contributed by atoms with E-state index in [9.17, 15) is 0 Å². The Morgan fingerprint density at radius 1 is 0.690 bits per heavy atom. The largest absolute Gasteiger partial charge is 0.296 e. The Morgan fingerprint density at radius 2 is 1.38 bits per heavy atom. The summed E-state index contributed by atoms with van der Waals surface area (Å²) >= 11 is 0. The standard InChI is InChI=1S/C26H24N3/c1-2-8-24(23(5-1)19-29-17-15-27-16-18-29)20-10-12-21(13-11-20)25-9-3-6-22-7-4-14-28-26(22)25/h1-14H,15-19H2. The van der Waals surface area contributed by atoms with Crippen LogP contribution in [-0.2, 0) is 6.54 Å². The summed E-state index contributed by atoms with van der Waals surface area (Å²) < 4.78 is 0. The second kappa shape index (κ2) is 8.16. The number of aromatic nitrogens is 1. The van der Waals surface area contributed by atoms with Gasteiger partial charge in [0, 0.05) is 49.9 Å². The number of fused-ring (bicyclic) bond motifs is 1. The van der Waals surface area contributed by atoms with E-state index in [-0.39, 0.29) is 0 Å². The number of rotatable bonds is 4. The molecule has 0 bridgehead atoms. The first kappa shape index (κ1) is 18.0. The van der Waals surface area contributed by atoms with Gasteiger partial charge in [-0.25, -0.2) is 5.32 Å². The van der Waals surface area contributed by atoms with Gasteiger partial charge in [-0.3, -0.25) is 9.88 Å². The smallest absolute Gasteiger partial charge is 0.0780 e. The molecule has 0 amide bonds. The predicted molar refractivity (Wildman–Crippen MR) is 120 cm³/mol. The van der Waals surface area contributed by atoms with Gasteiger partial charge in [0.15, 0.2) is 0 Å². The van der Waals surface area contributed by atoms with Crippen molar-refractivity contribution in [2.75, 3.05) is 26.2 Å². The molecule has 3 heteroatoms. The number of para-hydroxylation sites is 1. The topological polar surface area (TPSA) is 30.2 Å². The lowest BCUT2D eigenvalue weighted by Crippen LogP contribution is -2.39. The molecule has 0 N–H and O–H groups in total. The predicted octanol–water partition coefficient (Wildman–Crippen LogP) is 4.99. The Labute approximate surface area is 172 Å². The number of pyridine rings is 1. The van der Waals surface area contributed by atoms with Crippen LogP contribution in [0.1, 0.15) is 5.56 Å². The van der Waals surface area contributed by atoms with Crippen LogP contribution in [0.4, 0.5) is 0 Å². The number of nitrogens with zero attached hydrogens (tertiary/aromatic N) is 3. The van der Waals surface area contributed by atoms with E-state index in [2.05, 4.69) is 88.0 Å². The maximum absolute atomic E-state index is 4.60. The van der Waals surface area contributed by atoms with Crippen LogP contribution in [0, 0.1) is 0 Å². The zero-order valence-electron chi connectivity index (χ0n) is 16.5. The Hall–Kier alpha value is -3.01. The molecule has 1 saturated heterocycles. The van der Waals surface area contributed by atoms with Gasteiger partial charge in [-0.15, -0.1) is 0 Å². The van der Waals surface area contributed by atoms with Crippen LogP contribution in [0.15, 0.2) is 85.1 Å². The molecular formula is C26H24N3. The average Bonchev–Trinajstić information content (AvgIpc) is 2.80. The SMILES string of the molecule is c1ccc(-c2ccc(-c3cccc4cccnc34)cc2)c(CN2CC[N]CC2)c1. The number of benzene rings is 3. The van der Waals surface area contributed by atoms with Crippen molar-refractivity contribution in [2.45, 2.75) is 6.54 Å². The van der Waals surface area contributed by atoms with Crippen molar-refractivity contribution in [1.29, 1.82) is 0 Å². The summed E-state index contributed by atoms with van der Waals surface area (Å²) in [5.74, 6) is 0. The van der Waals surface area contributed by atoms with Gasteiger partial charge in [0.2, 0.25) is 0 Å². The fraction of sp³-hybridized carbons (Fsp3) is 0.192. The summed E-state index contributed by atoms with van der Waals surface area (Å²) in [5, 5.41) is 5.64. The highest BCUT2D eigenvalue weighted by atomic mass is 15.2. The van der Waals surface area contributed by atoms with Crippen molar-refractivity contribution in [2.24, 2.45) is 0 Å². The highest BCUT2D eigenvalue weighted by Crippen LogP contribution is 2.30. The fourth-order valence-corrected chi connectivity index (χ4v) is 4.15. The summed E-state index contributed by atoms with van der Waals surface area (Å²) in [4.78, 5) is 7.11. The molecule has 1 radical (unpaired) electrons. The van der Waals surface area contributed by atoms with Gasteiger partial charge in [0.05, 0.1) is 5.52 Å². The summed E-state index contributed by atoms with van der Waals surface area (Å²) in [6.45, 7) is 5.01. The van der Waals surface area contributed by atoms with Crippen molar-refractivity contribution in [3.05, 3.63) is 90.6 Å². The average molecular weight is 378 g/mol. The summed E-state index contributed by atoms with van der Waals surface area (Å²) in [5.41, 5.74) is 7.40. The van der Waals surface area contributed by atoms with Crippen LogP contribution < -0.4 is 5.32 Å². The van der Waals surface area contributed by atoms with E-state index >= 15 is 0 Å². The molecule has 1 aliphatic heterocycles. The molecule has 29 heavy (non-hydrogen) atoms. The third-order valence-corrected chi connectivity index (χ3v) is 5.70. The highest BCUT2D eigenvalue weighted by molar-refractivity contribution is 5.93. The number of hydrogen-bond acceptors (Lipinski definition) is 2. The minimum absolute atomic E-state index is 0.954. The lowest BCUT2D eigenvalue weighted by atomic mass is 9.96. The molecule has 143 valence electrons. The molecule has 0 atom stereocenters. The van der Waals surface area contributed by atoms with Gasteiger partial charge in [-0.05, 0) is 28.3 Å². The normalized spacial score (nSPS) is 14.9. The van der Waals surface area contributed by atoms with Crippen molar-refractivity contribution in [3.63, 3.8) is 0 Å². The minimum atomic E-state index is 0.954. The third kappa shape index (κ3) is 3.80. The van der Waals surface area contributed by atoms with Crippen LogP contribution in [0.3, 0.4) is 0 Å². The van der Waals surface area contributed by atoms with E-state index in [1.807, 2.05) is 12.3 Å². The maximum Gasteiger partial charge on any atom is 0.0780 e. The van der Waals surface area contributed by atoms with Gasteiger partial charge in [0.25, 0.3) is 0 Å². The monoisotopic (exact) mass is 378 g/mol. The maximum atomic E-state index is 4.60. The Morgan fingerprint density at radius 3 is 2.21 bits per heavy atom. The first-order valence-electron chi connectivity index (χ1n) is 10.3. The first-order chi connectivity index (χ1) is 14.4. The molecular weight excluding hydrogens is 354 g/mol. The molecule has 4 aromatic rings. The van der Waals surface area contributed by atoms with Gasteiger partial charge in [-0.2, -0.15) is 0 Å². The molecule has 2 heterocycles. The van der Waals surface area contributed by atoms with Crippen LogP contribution in [-0.4, -0.2) is 36.1 Å². The van der Waals surface area contributed by atoms with Crippen molar-refractivity contribution >= 4 is 10.9 Å². The Kier molecular flexibility index (Phi) is 5.08. The molecule has 3 aromatic carbocycles. The molecule has 5 rings (SSSR count). The second-order valence-corrected chi connectivity index (χ2v) is 7.56. The molecule has 0 saturated carbocycles. The highest BCUT2D eigenvalue weighted by Gasteiger charge is 2.13. The van der Waals surface area contributed by atoms with Gasteiger partial charge in [-0.1, -0.05) is 72.8 Å². The Balaban J connectivity index is 1.46. The lowest BCUT2D eigenvalue weighted by molar-refractivity contribution is 0.231. The summed E-state index contributed by atoms with van der Waals surface area (Å²) in [7, 11) is 0. The van der Waals surface area contributed by atoms with Crippen molar-refractivity contribution in [1.82, 2.24) is 15.2 Å². The quantitative estimate of drug-likeness (QED) is 0.501. The molecule has 0 spiro atoms. The third-order valence-electron chi connectivity index (χ3n) is 5.70. The number of hydrogen-bond donors (Lipinski definition) is 0. The van der Waals surface area contributed by atoms with Gasteiger partial charge >= 0.3 is 0 Å². The zero-order valence-corrected chi connectivity index (χ0v) is 16.5. The van der Waals surface area contributed by atoms with Crippen molar-refractivity contribution < 1.29 is 0 Å². The summed E-state index contributed by atoms with van der Waals surface area (Å²) in [6, 6.07) is 28.1. The van der Waals surface area contributed by atoms with Crippen LogP contribution >= 0.6 is 0 Å². The van der Waals surface area contributed by atoms with Gasteiger partial charge < -0.3 is 0 Å². The first-order valence-corrected chi connectivity index (χ1v) is 10.3. The van der Waals surface area contributed by atoms with Crippen LogP contribution in [0.5, 0.6) is 0 Å². The molecule has 0 unspecified atom stereocenters. The van der Waals surface area contributed by atoms with E-state index in [0.29, 0.717) is 0 Å². The number of piperazine rings is 1. The lowest BCUT2D eigenvalue weighted by Gasteiger charge is -2.27. The molecule has 3 nitrogen and oxygen atoms in total. The van der Waals surface area contributed by atoms with E-state index in [0.717, 1.165) is 38.2 Å². The van der Waals surface area contributed by atoms with E-state index in [1.54, 1.807) is 0 Å². The van der Waals surface area contributed by atoms with Gasteiger partial charge in [0.1, 0.15) is 0 Å². The molecule has 1 aromatic heterocycles. The minimum Gasteiger partial charge on any atom is -0.296 e. The van der Waals surface area contributed by atoms with E-state index in [4.69, 9.17) is 0 Å². The molecule has 0 aliphatic carbocycles. The molecule has 1 aliphatic rings. The second-order valence-electron chi connectivity index (χ2n) is 7.56. The van der Waals surface area contributed by atoms with Crippen molar-refractivity contribution in [3.8, 4) is 22.3 Å². The summed E-state index contributed by atoms with van der Waals surface area (Å²) in [6.07, 6.45) is 1.87. The zero-order chi connectivity index (χ0) is 19.5. The van der Waals surface area contributed by atoms with E-state index < -0.39 is 0 Å². The fourth-order valence-electron chi connectivity index (χ4n) is 4.15. The van der Waals surface area contributed by atoms with Crippen LogP contribution in [0.2, 0.25) is 0 Å².